The molecule has 2 aromatic rings. The van der Waals surface area contributed by atoms with E-state index in [0.717, 1.165) is 25.7 Å². The molecular weight excluding hydrogens is 416 g/mol. The monoisotopic (exact) mass is 446 g/mol. The van der Waals surface area contributed by atoms with Gasteiger partial charge in [-0.05, 0) is 37.0 Å². The molecule has 0 bridgehead atoms. The smallest absolute Gasteiger partial charge is 0.271 e. The highest BCUT2D eigenvalue weighted by atomic mass is 32.2. The van der Waals surface area contributed by atoms with Crippen LogP contribution in [0.4, 0.5) is 17.3 Å². The van der Waals surface area contributed by atoms with Crippen LogP contribution in [0.1, 0.15) is 60.8 Å². The van der Waals surface area contributed by atoms with Gasteiger partial charge >= 0.3 is 0 Å². The number of amides is 1. The van der Waals surface area contributed by atoms with Crippen LogP contribution in [0, 0.1) is 0 Å². The van der Waals surface area contributed by atoms with Crippen LogP contribution in [0.3, 0.4) is 0 Å². The highest BCUT2D eigenvalue weighted by molar-refractivity contribution is 7.78. The number of rotatable bonds is 9. The second-order valence-corrected chi connectivity index (χ2v) is 8.93. The first kappa shape index (κ1) is 23.1. The van der Waals surface area contributed by atoms with E-state index in [4.69, 9.17) is 16.0 Å². The van der Waals surface area contributed by atoms with Crippen molar-refractivity contribution in [3.8, 4) is 0 Å². The molecule has 1 aliphatic carbocycles. The summed E-state index contributed by atoms with van der Waals surface area (Å²) in [4.78, 5) is 21.1. The van der Waals surface area contributed by atoms with Crippen LogP contribution in [0.15, 0.2) is 24.3 Å². The van der Waals surface area contributed by atoms with Gasteiger partial charge in [-0.1, -0.05) is 38.3 Å². The Hall–Kier alpha value is -2.56. The molecular formula is C21H30N6O3S. The fourth-order valence-electron chi connectivity index (χ4n) is 3.83. The Bertz CT molecular complexity index is 962. The molecule has 1 amide bonds. The fraction of sp³-hybridized carbons (Fsp3) is 0.476. The van der Waals surface area contributed by atoms with Crippen LogP contribution in [-0.2, 0) is 23.3 Å². The summed E-state index contributed by atoms with van der Waals surface area (Å²) in [5.41, 5.74) is 13.8. The molecule has 3 rings (SSSR count). The quantitative estimate of drug-likeness (QED) is 0.368. The van der Waals surface area contributed by atoms with Gasteiger partial charge in [-0.15, -0.1) is 0 Å². The highest BCUT2D eigenvalue weighted by Crippen LogP contribution is 2.28. The Morgan fingerprint density at radius 3 is 2.61 bits per heavy atom. The van der Waals surface area contributed by atoms with E-state index in [1.54, 1.807) is 24.3 Å². The van der Waals surface area contributed by atoms with Crippen molar-refractivity contribution in [2.45, 2.75) is 56.7 Å². The highest BCUT2D eigenvalue weighted by Gasteiger charge is 2.28. The predicted molar refractivity (Wildman–Crippen MR) is 123 cm³/mol. The van der Waals surface area contributed by atoms with Crippen molar-refractivity contribution < 1.29 is 13.6 Å². The minimum Gasteiger partial charge on any atom is -0.367 e. The molecule has 0 saturated heterocycles. The zero-order chi connectivity index (χ0) is 22.4. The summed E-state index contributed by atoms with van der Waals surface area (Å²) < 4.78 is 20.2. The zero-order valence-corrected chi connectivity index (χ0v) is 18.5. The lowest BCUT2D eigenvalue weighted by molar-refractivity contribution is 0.0996. The standard InChI is InChI=1S/C21H30N6O3S/c1-2-16-19(24-13-21(23)9-4-3-5-10-21)27-20(17(26-16)18(22)28)25-15-8-6-7-14(11-15)12-31(29)30/h6-8,11H,2-5,9-10,12-13,23H2,1H3,(H2,22,28)(H,29,30)(H2,24,25,27). The number of nitrogens with zero attached hydrogens (tertiary/aromatic N) is 2. The third kappa shape index (κ3) is 6.22. The molecule has 7 N–H and O–H groups in total. The minimum atomic E-state index is -1.95. The molecule has 168 valence electrons. The summed E-state index contributed by atoms with van der Waals surface area (Å²) in [6, 6.07) is 6.99. The Labute approximate surface area is 184 Å². The third-order valence-electron chi connectivity index (χ3n) is 5.47. The van der Waals surface area contributed by atoms with Gasteiger partial charge in [-0.3, -0.25) is 4.79 Å². The van der Waals surface area contributed by atoms with Gasteiger partial charge < -0.3 is 26.7 Å². The van der Waals surface area contributed by atoms with Crippen LogP contribution in [0.5, 0.6) is 0 Å². The number of hydrogen-bond acceptors (Lipinski definition) is 7. The summed E-state index contributed by atoms with van der Waals surface area (Å²) >= 11 is -1.95. The molecule has 9 nitrogen and oxygen atoms in total. The van der Waals surface area contributed by atoms with Gasteiger partial charge in [0.15, 0.2) is 22.6 Å². The number of nitrogens with two attached hydrogens (primary N) is 2. The van der Waals surface area contributed by atoms with Crippen molar-refractivity contribution >= 4 is 34.3 Å². The van der Waals surface area contributed by atoms with Crippen molar-refractivity contribution in [3.63, 3.8) is 0 Å². The van der Waals surface area contributed by atoms with E-state index >= 15 is 0 Å². The molecule has 1 saturated carbocycles. The van der Waals surface area contributed by atoms with Gasteiger partial charge in [0.25, 0.3) is 5.91 Å². The summed E-state index contributed by atoms with van der Waals surface area (Å²) in [5, 5.41) is 6.42. The summed E-state index contributed by atoms with van der Waals surface area (Å²) in [6.07, 6.45) is 5.94. The minimum absolute atomic E-state index is 0.00400. The molecule has 31 heavy (non-hydrogen) atoms. The van der Waals surface area contributed by atoms with E-state index in [0.29, 0.717) is 35.7 Å². The van der Waals surface area contributed by atoms with Gasteiger partial charge in [0.1, 0.15) is 5.82 Å². The number of hydrogen-bond donors (Lipinski definition) is 5. The molecule has 1 atom stereocenters. The van der Waals surface area contributed by atoms with Gasteiger partial charge in [0, 0.05) is 17.8 Å². The molecule has 1 unspecified atom stereocenters. The second-order valence-electron chi connectivity index (χ2n) is 8.00. The lowest BCUT2D eigenvalue weighted by Gasteiger charge is -2.33. The largest absolute Gasteiger partial charge is 0.367 e. The van der Waals surface area contributed by atoms with E-state index in [1.807, 2.05) is 6.92 Å². The average Bonchev–Trinajstić information content (AvgIpc) is 2.72. The number of aryl methyl sites for hydroxylation is 1. The second kappa shape index (κ2) is 10.2. The van der Waals surface area contributed by atoms with E-state index in [1.165, 1.54) is 6.42 Å². The number of carbonyl (C=O) groups is 1. The SMILES string of the molecule is CCc1nc(C(N)=O)c(Nc2cccc(CS(=O)O)c2)nc1NCC1(N)CCCCC1. The predicted octanol–water partition coefficient (Wildman–Crippen LogP) is 2.68. The Morgan fingerprint density at radius 2 is 1.97 bits per heavy atom. The van der Waals surface area contributed by atoms with E-state index in [2.05, 4.69) is 20.6 Å². The van der Waals surface area contributed by atoms with Crippen molar-refractivity contribution in [3.05, 3.63) is 41.2 Å². The molecule has 10 heteroatoms. The first-order valence-corrected chi connectivity index (χ1v) is 11.7. The lowest BCUT2D eigenvalue weighted by Crippen LogP contribution is -2.47. The van der Waals surface area contributed by atoms with Gasteiger partial charge in [0.2, 0.25) is 0 Å². The molecule has 1 heterocycles. The number of benzene rings is 1. The molecule has 1 fully saturated rings. The summed E-state index contributed by atoms with van der Waals surface area (Å²) in [6.45, 7) is 2.51. The fourth-order valence-corrected chi connectivity index (χ4v) is 4.29. The number of aromatic nitrogens is 2. The van der Waals surface area contributed by atoms with E-state index in [9.17, 15) is 9.00 Å². The van der Waals surface area contributed by atoms with Gasteiger partial charge in [-0.25, -0.2) is 14.2 Å². The molecule has 0 radical (unpaired) electrons. The Kier molecular flexibility index (Phi) is 7.58. The molecule has 1 aromatic carbocycles. The zero-order valence-electron chi connectivity index (χ0n) is 17.7. The number of nitrogens with one attached hydrogen (secondary N) is 2. The normalized spacial score (nSPS) is 16.5. The van der Waals surface area contributed by atoms with Crippen LogP contribution >= 0.6 is 0 Å². The molecule has 1 aromatic heterocycles. The first-order chi connectivity index (χ1) is 14.8. The summed E-state index contributed by atoms with van der Waals surface area (Å²) in [7, 11) is 0. The van der Waals surface area contributed by atoms with Crippen LogP contribution < -0.4 is 22.1 Å². The Balaban J connectivity index is 1.88. The van der Waals surface area contributed by atoms with Crippen molar-refractivity contribution in [2.24, 2.45) is 11.5 Å². The Morgan fingerprint density at radius 1 is 1.23 bits per heavy atom. The molecule has 0 aliphatic heterocycles. The topological polar surface area (TPSA) is 156 Å². The van der Waals surface area contributed by atoms with Crippen LogP contribution in [0.2, 0.25) is 0 Å². The first-order valence-electron chi connectivity index (χ1n) is 10.5. The van der Waals surface area contributed by atoms with Crippen LogP contribution in [0.25, 0.3) is 0 Å². The van der Waals surface area contributed by atoms with Gasteiger partial charge in [-0.2, -0.15) is 0 Å². The maximum absolute atomic E-state index is 12.0. The van der Waals surface area contributed by atoms with Crippen LogP contribution in [-0.4, -0.2) is 36.7 Å². The number of primary amides is 1. The van der Waals surface area contributed by atoms with Crippen molar-refractivity contribution in [1.29, 1.82) is 0 Å². The molecule has 0 spiro atoms. The number of carbonyl (C=O) groups excluding carboxylic acids is 1. The summed E-state index contributed by atoms with van der Waals surface area (Å²) in [5.74, 6) is 0.109. The number of anilines is 3. The molecule has 1 aliphatic rings. The van der Waals surface area contributed by atoms with Crippen molar-refractivity contribution in [2.75, 3.05) is 17.2 Å². The van der Waals surface area contributed by atoms with Gasteiger partial charge in [0.05, 0.1) is 11.4 Å². The maximum Gasteiger partial charge on any atom is 0.271 e. The van der Waals surface area contributed by atoms with E-state index in [-0.39, 0.29) is 22.8 Å². The maximum atomic E-state index is 12.0. The van der Waals surface area contributed by atoms with E-state index < -0.39 is 17.0 Å². The third-order valence-corrected chi connectivity index (χ3v) is 6.05. The lowest BCUT2D eigenvalue weighted by atomic mass is 9.82. The average molecular weight is 447 g/mol. The van der Waals surface area contributed by atoms with Crippen molar-refractivity contribution in [1.82, 2.24) is 9.97 Å².